The molecule has 13 aromatic carbocycles. The van der Waals surface area contributed by atoms with Crippen molar-refractivity contribution in [3.63, 3.8) is 0 Å². The van der Waals surface area contributed by atoms with Gasteiger partial charge in [-0.1, -0.05) is 215 Å². The van der Waals surface area contributed by atoms with Crippen molar-refractivity contribution in [3.05, 3.63) is 241 Å². The second-order valence-electron chi connectivity index (χ2n) is 24.6. The standard InChI is InChI=1S/C76H68N2/c1-47(2)51-25-37-61-65(41-51)71-45-70-64-40-36-58(78(56-33-29-54(30-34-56)76(8,9)10)74-24-16-20-50-18-12-14-22-60(50)74)44-68(64)62-38-26-52(48(3)4)42-66(62)72(70)46-69(71)63-39-35-57(43-67(61)63)77(55-31-27-53(28-32-55)75(5,6)7)73-23-15-19-49-17-11-13-21-59(49)73/h11-48H,1-10H3. The van der Waals surface area contributed by atoms with Crippen LogP contribution in [0.5, 0.6) is 0 Å². The van der Waals surface area contributed by atoms with Crippen molar-refractivity contribution in [1.29, 1.82) is 0 Å². The van der Waals surface area contributed by atoms with Crippen molar-refractivity contribution in [1.82, 2.24) is 0 Å². The highest BCUT2D eigenvalue weighted by atomic mass is 15.1. The molecule has 0 saturated heterocycles. The molecule has 0 bridgehead atoms. The van der Waals surface area contributed by atoms with Crippen molar-refractivity contribution in [2.45, 2.75) is 91.9 Å². The first-order valence-electron chi connectivity index (χ1n) is 28.1. The van der Waals surface area contributed by atoms with Crippen LogP contribution in [0.3, 0.4) is 0 Å². The van der Waals surface area contributed by atoms with Gasteiger partial charge in [0, 0.05) is 33.5 Å². The molecule has 0 saturated carbocycles. The van der Waals surface area contributed by atoms with E-state index in [0.29, 0.717) is 11.8 Å². The molecule has 0 amide bonds. The van der Waals surface area contributed by atoms with Crippen molar-refractivity contribution in [3.8, 4) is 0 Å². The first kappa shape index (κ1) is 49.1. The van der Waals surface area contributed by atoms with Crippen LogP contribution in [0.25, 0.3) is 86.2 Å². The van der Waals surface area contributed by atoms with Crippen molar-refractivity contribution < 1.29 is 0 Å². The predicted molar refractivity (Wildman–Crippen MR) is 341 cm³/mol. The summed E-state index contributed by atoms with van der Waals surface area (Å²) in [7, 11) is 0. The molecule has 0 heterocycles. The molecule has 0 radical (unpaired) electrons. The van der Waals surface area contributed by atoms with Crippen LogP contribution in [0.1, 0.15) is 103 Å². The molecule has 0 spiro atoms. The molecule has 0 fully saturated rings. The van der Waals surface area contributed by atoms with Crippen molar-refractivity contribution >= 4 is 120 Å². The van der Waals surface area contributed by atoms with Crippen molar-refractivity contribution in [2.24, 2.45) is 0 Å². The van der Waals surface area contributed by atoms with Gasteiger partial charge in [0.15, 0.2) is 0 Å². The monoisotopic (exact) mass is 1010 g/mol. The molecule has 0 aliphatic rings. The van der Waals surface area contributed by atoms with Crippen LogP contribution >= 0.6 is 0 Å². The largest absolute Gasteiger partial charge is 0.310 e. The van der Waals surface area contributed by atoms with Gasteiger partial charge in [0.05, 0.1) is 11.4 Å². The molecule has 0 unspecified atom stereocenters. The third-order valence-corrected chi connectivity index (χ3v) is 16.8. The fourth-order valence-corrected chi connectivity index (χ4v) is 12.4. The third kappa shape index (κ3) is 8.32. The van der Waals surface area contributed by atoms with Crippen molar-refractivity contribution in [2.75, 3.05) is 9.80 Å². The fourth-order valence-electron chi connectivity index (χ4n) is 12.4. The van der Waals surface area contributed by atoms with Crippen LogP contribution in [0.15, 0.2) is 218 Å². The molecule has 0 N–H and O–H groups in total. The van der Waals surface area contributed by atoms with E-state index in [0.717, 1.165) is 34.1 Å². The number of hydrogen-bond acceptors (Lipinski definition) is 2. The minimum atomic E-state index is 0.0420. The Morgan fingerprint density at radius 3 is 0.936 bits per heavy atom. The molecule has 382 valence electrons. The van der Waals surface area contributed by atoms with E-state index >= 15 is 0 Å². The summed E-state index contributed by atoms with van der Waals surface area (Å²) in [5, 5.41) is 20.1. The van der Waals surface area contributed by atoms with Gasteiger partial charge in [0.2, 0.25) is 0 Å². The number of benzene rings is 13. The topological polar surface area (TPSA) is 6.48 Å². The van der Waals surface area contributed by atoms with Gasteiger partial charge in [-0.2, -0.15) is 0 Å². The van der Waals surface area contributed by atoms with Gasteiger partial charge in [-0.25, -0.2) is 0 Å². The Hall–Kier alpha value is -8.46. The summed E-state index contributed by atoms with van der Waals surface area (Å²) >= 11 is 0. The van der Waals surface area contributed by atoms with Gasteiger partial charge >= 0.3 is 0 Å². The van der Waals surface area contributed by atoms with Crippen LogP contribution in [0.4, 0.5) is 34.1 Å². The first-order chi connectivity index (χ1) is 37.6. The summed E-state index contributed by atoms with van der Waals surface area (Å²) in [6.07, 6.45) is 0. The Bertz CT molecular complexity index is 4200. The maximum absolute atomic E-state index is 2.54. The van der Waals surface area contributed by atoms with E-state index in [1.807, 2.05) is 0 Å². The van der Waals surface area contributed by atoms with Gasteiger partial charge in [0.25, 0.3) is 0 Å². The van der Waals surface area contributed by atoms with Gasteiger partial charge in [0.1, 0.15) is 0 Å². The average molecular weight is 1010 g/mol. The lowest BCUT2D eigenvalue weighted by molar-refractivity contribution is 0.590. The summed E-state index contributed by atoms with van der Waals surface area (Å²) < 4.78 is 0. The number of hydrogen-bond donors (Lipinski definition) is 0. The van der Waals surface area contributed by atoms with Crippen LogP contribution in [-0.4, -0.2) is 0 Å². The molecular formula is C76H68N2. The molecule has 78 heavy (non-hydrogen) atoms. The molecule has 13 aromatic rings. The Labute approximate surface area is 460 Å². The highest BCUT2D eigenvalue weighted by Gasteiger charge is 2.24. The fraction of sp³-hybridized carbons (Fsp3) is 0.184. The zero-order valence-corrected chi connectivity index (χ0v) is 46.8. The van der Waals surface area contributed by atoms with E-state index in [1.54, 1.807) is 0 Å². The second kappa shape index (κ2) is 18.6. The molecule has 2 heteroatoms. The third-order valence-electron chi connectivity index (χ3n) is 16.8. The number of rotatable bonds is 8. The smallest absolute Gasteiger partial charge is 0.0540 e. The summed E-state index contributed by atoms with van der Waals surface area (Å²) in [5.74, 6) is 0.744. The summed E-state index contributed by atoms with van der Waals surface area (Å²) in [6.45, 7) is 23.0. The zero-order chi connectivity index (χ0) is 53.8. The average Bonchev–Trinajstić information content (AvgIpc) is 3.64. The molecule has 13 rings (SSSR count). The Morgan fingerprint density at radius 1 is 0.256 bits per heavy atom. The van der Waals surface area contributed by atoms with E-state index in [-0.39, 0.29) is 10.8 Å². The molecule has 0 atom stereocenters. The quantitative estimate of drug-likeness (QED) is 0.111. The molecule has 0 aliphatic heterocycles. The normalized spacial score (nSPS) is 12.5. The minimum absolute atomic E-state index is 0.0420. The number of anilines is 6. The summed E-state index contributed by atoms with van der Waals surface area (Å²) in [4.78, 5) is 4.94. The van der Waals surface area contributed by atoms with E-state index in [4.69, 9.17) is 0 Å². The van der Waals surface area contributed by atoms with E-state index < -0.39 is 0 Å². The zero-order valence-electron chi connectivity index (χ0n) is 46.8. The van der Waals surface area contributed by atoms with Gasteiger partial charge in [-0.05, 0) is 193 Å². The SMILES string of the molecule is CC(C)c1ccc2c(c1)c1cc3c4ccc(N(c5ccc(C(C)(C)C)cc5)c5cccc6ccccc56)cc4c4ccc(C(C)C)cc4c3cc1c1ccc(N(c3ccc(C(C)(C)C)cc3)c3cccc4ccccc34)cc21. The lowest BCUT2D eigenvalue weighted by Crippen LogP contribution is -2.13. The van der Waals surface area contributed by atoms with E-state index in [1.165, 1.54) is 108 Å². The molecule has 2 nitrogen and oxygen atoms in total. The van der Waals surface area contributed by atoms with Gasteiger partial charge in [-0.15, -0.1) is 0 Å². The van der Waals surface area contributed by atoms with Crippen LogP contribution in [0.2, 0.25) is 0 Å². The van der Waals surface area contributed by atoms with E-state index in [9.17, 15) is 0 Å². The Morgan fingerprint density at radius 2 is 0.564 bits per heavy atom. The number of fused-ring (bicyclic) bond motifs is 14. The maximum atomic E-state index is 2.54. The van der Waals surface area contributed by atoms with E-state index in [2.05, 4.69) is 297 Å². The summed E-state index contributed by atoms with van der Waals surface area (Å²) in [5.41, 5.74) is 12.3. The lowest BCUT2D eigenvalue weighted by Gasteiger charge is -2.29. The predicted octanol–water partition coefficient (Wildman–Crippen LogP) is 22.7. The first-order valence-corrected chi connectivity index (χ1v) is 28.1. The molecular weight excluding hydrogens is 941 g/mol. The highest BCUT2D eigenvalue weighted by molar-refractivity contribution is 6.33. The molecule has 0 aliphatic carbocycles. The highest BCUT2D eigenvalue weighted by Crippen LogP contribution is 2.48. The lowest BCUT2D eigenvalue weighted by atomic mass is 9.86. The Kier molecular flexibility index (Phi) is 11.7. The van der Waals surface area contributed by atoms with Gasteiger partial charge in [-0.3, -0.25) is 0 Å². The summed E-state index contributed by atoms with van der Waals surface area (Å²) in [6, 6.07) is 83.4. The Balaban J connectivity index is 1.08. The maximum Gasteiger partial charge on any atom is 0.0540 e. The van der Waals surface area contributed by atoms with Crippen LogP contribution in [0, 0.1) is 0 Å². The molecule has 0 aromatic heterocycles. The van der Waals surface area contributed by atoms with Crippen LogP contribution < -0.4 is 9.80 Å². The second-order valence-corrected chi connectivity index (χ2v) is 24.6. The van der Waals surface area contributed by atoms with Gasteiger partial charge < -0.3 is 9.80 Å². The minimum Gasteiger partial charge on any atom is -0.310 e. The van der Waals surface area contributed by atoms with Crippen LogP contribution in [-0.2, 0) is 10.8 Å². The number of nitrogens with zero attached hydrogens (tertiary/aromatic N) is 2.